The molecule has 0 unspecified atom stereocenters. The Bertz CT molecular complexity index is 325. The van der Waals surface area contributed by atoms with Crippen LogP contribution in [-0.4, -0.2) is 26.8 Å². The summed E-state index contributed by atoms with van der Waals surface area (Å²) >= 11 is 0. The van der Waals surface area contributed by atoms with Crippen LogP contribution in [0.15, 0.2) is 18.2 Å². The highest BCUT2D eigenvalue weighted by atomic mass is 16.5. The fourth-order valence-electron chi connectivity index (χ4n) is 1.71. The van der Waals surface area contributed by atoms with Gasteiger partial charge in [-0.05, 0) is 31.6 Å². The molecule has 3 heteroatoms. The number of para-hydroxylation sites is 1. The molecule has 82 valence electrons. The maximum absolute atomic E-state index is 5.72. The highest BCUT2D eigenvalue weighted by Crippen LogP contribution is 2.33. The minimum atomic E-state index is 0.752. The Morgan fingerprint density at radius 3 is 3.00 bits per heavy atom. The summed E-state index contributed by atoms with van der Waals surface area (Å²) in [6.07, 6.45) is 1.93. The van der Waals surface area contributed by atoms with Crippen LogP contribution in [0, 0.1) is 0 Å². The van der Waals surface area contributed by atoms with Crippen LogP contribution in [0.2, 0.25) is 0 Å². The topological polar surface area (TPSA) is 30.5 Å². The maximum atomic E-state index is 5.72. The molecule has 1 heterocycles. The van der Waals surface area contributed by atoms with E-state index in [1.165, 1.54) is 5.56 Å². The Balaban J connectivity index is 2.22. The number of hydrogen-bond acceptors (Lipinski definition) is 3. The zero-order valence-corrected chi connectivity index (χ0v) is 9.08. The van der Waals surface area contributed by atoms with Gasteiger partial charge in [-0.15, -0.1) is 0 Å². The summed E-state index contributed by atoms with van der Waals surface area (Å²) in [5.41, 5.74) is 1.23. The Morgan fingerprint density at radius 1 is 1.27 bits per heavy atom. The standard InChI is InChI=1S/C12H17NO2/c1-13-7-6-10-4-2-5-11-12(10)15-9-3-8-14-11/h2,4-5,13H,3,6-9H2,1H3. The van der Waals surface area contributed by atoms with Gasteiger partial charge in [0.15, 0.2) is 11.5 Å². The lowest BCUT2D eigenvalue weighted by molar-refractivity contribution is 0.296. The normalized spacial score (nSPS) is 14.7. The number of benzene rings is 1. The van der Waals surface area contributed by atoms with Crippen LogP contribution in [0.4, 0.5) is 0 Å². The molecule has 3 nitrogen and oxygen atoms in total. The third-order valence-corrected chi connectivity index (χ3v) is 2.50. The molecule has 0 radical (unpaired) electrons. The Labute approximate surface area is 90.4 Å². The summed E-state index contributed by atoms with van der Waals surface area (Å²) in [6.45, 7) is 2.46. The predicted octanol–water partition coefficient (Wildman–Crippen LogP) is 1.61. The number of fused-ring (bicyclic) bond motifs is 1. The molecule has 0 aromatic heterocycles. The first-order valence-electron chi connectivity index (χ1n) is 5.44. The quantitative estimate of drug-likeness (QED) is 0.816. The van der Waals surface area contributed by atoms with Crippen LogP contribution < -0.4 is 14.8 Å². The highest BCUT2D eigenvalue weighted by molar-refractivity contribution is 5.47. The van der Waals surface area contributed by atoms with Gasteiger partial charge in [-0.3, -0.25) is 0 Å². The van der Waals surface area contributed by atoms with Crippen LogP contribution in [0.5, 0.6) is 11.5 Å². The second kappa shape index (κ2) is 5.03. The van der Waals surface area contributed by atoms with E-state index in [0.29, 0.717) is 0 Å². The van der Waals surface area contributed by atoms with Gasteiger partial charge in [0.1, 0.15) is 0 Å². The maximum Gasteiger partial charge on any atom is 0.164 e. The highest BCUT2D eigenvalue weighted by Gasteiger charge is 2.13. The summed E-state index contributed by atoms with van der Waals surface area (Å²) < 4.78 is 11.3. The van der Waals surface area contributed by atoms with Crippen molar-refractivity contribution >= 4 is 0 Å². The van der Waals surface area contributed by atoms with Crippen molar-refractivity contribution in [2.75, 3.05) is 26.8 Å². The molecule has 0 saturated heterocycles. The van der Waals surface area contributed by atoms with Crippen molar-refractivity contribution in [2.24, 2.45) is 0 Å². The van der Waals surface area contributed by atoms with E-state index < -0.39 is 0 Å². The van der Waals surface area contributed by atoms with Crippen LogP contribution >= 0.6 is 0 Å². The van der Waals surface area contributed by atoms with Gasteiger partial charge in [0.2, 0.25) is 0 Å². The lowest BCUT2D eigenvalue weighted by atomic mass is 10.1. The van der Waals surface area contributed by atoms with Gasteiger partial charge >= 0.3 is 0 Å². The first-order chi connectivity index (χ1) is 7.42. The minimum absolute atomic E-state index is 0.752. The minimum Gasteiger partial charge on any atom is -0.490 e. The zero-order chi connectivity index (χ0) is 10.5. The van der Waals surface area contributed by atoms with Crippen molar-refractivity contribution in [3.8, 4) is 11.5 Å². The average molecular weight is 207 g/mol. The first kappa shape index (κ1) is 10.3. The predicted molar refractivity (Wildman–Crippen MR) is 59.7 cm³/mol. The van der Waals surface area contributed by atoms with E-state index in [1.807, 2.05) is 19.2 Å². The van der Waals surface area contributed by atoms with Crippen LogP contribution in [0.3, 0.4) is 0 Å². The fraction of sp³-hybridized carbons (Fsp3) is 0.500. The van der Waals surface area contributed by atoms with Gasteiger partial charge in [-0.2, -0.15) is 0 Å². The van der Waals surface area contributed by atoms with Crippen molar-refractivity contribution in [1.29, 1.82) is 0 Å². The average Bonchev–Trinajstić information content (AvgIpc) is 2.51. The first-order valence-corrected chi connectivity index (χ1v) is 5.44. The van der Waals surface area contributed by atoms with E-state index >= 15 is 0 Å². The van der Waals surface area contributed by atoms with Crippen molar-refractivity contribution in [1.82, 2.24) is 5.32 Å². The molecule has 0 spiro atoms. The summed E-state index contributed by atoms with van der Waals surface area (Å²) in [7, 11) is 1.96. The third-order valence-electron chi connectivity index (χ3n) is 2.50. The van der Waals surface area contributed by atoms with Gasteiger partial charge in [-0.25, -0.2) is 0 Å². The molecule has 1 aromatic rings. The smallest absolute Gasteiger partial charge is 0.164 e. The van der Waals surface area contributed by atoms with E-state index in [9.17, 15) is 0 Å². The SMILES string of the molecule is CNCCc1cccc2c1OCCCO2. The largest absolute Gasteiger partial charge is 0.490 e. The van der Waals surface area contributed by atoms with Gasteiger partial charge in [0.25, 0.3) is 0 Å². The van der Waals surface area contributed by atoms with Gasteiger partial charge in [0, 0.05) is 6.42 Å². The van der Waals surface area contributed by atoms with Gasteiger partial charge in [-0.1, -0.05) is 12.1 Å². The summed E-state index contributed by atoms with van der Waals surface area (Å²) in [5.74, 6) is 1.83. The summed E-state index contributed by atoms with van der Waals surface area (Å²) in [6, 6.07) is 6.10. The lowest BCUT2D eigenvalue weighted by Gasteiger charge is -2.11. The molecular weight excluding hydrogens is 190 g/mol. The van der Waals surface area contributed by atoms with E-state index in [0.717, 1.165) is 44.1 Å². The molecule has 2 rings (SSSR count). The fourth-order valence-corrected chi connectivity index (χ4v) is 1.71. The molecule has 0 fully saturated rings. The Hall–Kier alpha value is -1.22. The van der Waals surface area contributed by atoms with E-state index in [-0.39, 0.29) is 0 Å². The molecule has 1 aliphatic rings. The Kier molecular flexibility index (Phi) is 3.45. The molecule has 1 N–H and O–H groups in total. The second-order valence-electron chi connectivity index (χ2n) is 3.65. The van der Waals surface area contributed by atoms with Crippen molar-refractivity contribution in [2.45, 2.75) is 12.8 Å². The number of hydrogen-bond donors (Lipinski definition) is 1. The second-order valence-corrected chi connectivity index (χ2v) is 3.65. The summed E-state index contributed by atoms with van der Waals surface area (Å²) in [5, 5.41) is 3.14. The number of rotatable bonds is 3. The Morgan fingerprint density at radius 2 is 2.13 bits per heavy atom. The molecular formula is C12H17NO2. The number of ether oxygens (including phenoxy) is 2. The lowest BCUT2D eigenvalue weighted by Crippen LogP contribution is -2.11. The van der Waals surface area contributed by atoms with Gasteiger partial charge < -0.3 is 14.8 Å². The number of likely N-dealkylation sites (N-methyl/N-ethyl adjacent to an activating group) is 1. The number of nitrogens with one attached hydrogen (secondary N) is 1. The van der Waals surface area contributed by atoms with E-state index in [1.54, 1.807) is 0 Å². The molecule has 1 aromatic carbocycles. The molecule has 0 amide bonds. The zero-order valence-electron chi connectivity index (χ0n) is 9.08. The molecule has 15 heavy (non-hydrogen) atoms. The third kappa shape index (κ3) is 2.42. The van der Waals surface area contributed by atoms with Gasteiger partial charge in [0.05, 0.1) is 13.2 Å². The van der Waals surface area contributed by atoms with Crippen LogP contribution in [0.25, 0.3) is 0 Å². The summed E-state index contributed by atoms with van der Waals surface area (Å²) in [4.78, 5) is 0. The molecule has 0 bridgehead atoms. The van der Waals surface area contributed by atoms with E-state index in [4.69, 9.17) is 9.47 Å². The molecule has 0 aliphatic carbocycles. The monoisotopic (exact) mass is 207 g/mol. The van der Waals surface area contributed by atoms with Crippen LogP contribution in [0.1, 0.15) is 12.0 Å². The van der Waals surface area contributed by atoms with Crippen LogP contribution in [-0.2, 0) is 6.42 Å². The van der Waals surface area contributed by atoms with Crippen molar-refractivity contribution < 1.29 is 9.47 Å². The molecule has 0 atom stereocenters. The molecule has 1 aliphatic heterocycles. The van der Waals surface area contributed by atoms with Crippen molar-refractivity contribution in [3.63, 3.8) is 0 Å². The van der Waals surface area contributed by atoms with E-state index in [2.05, 4.69) is 11.4 Å². The van der Waals surface area contributed by atoms with Crippen molar-refractivity contribution in [3.05, 3.63) is 23.8 Å². The molecule has 0 saturated carbocycles.